The number of likely N-dealkylation sites (tertiary alicyclic amines) is 1. The van der Waals surface area contributed by atoms with Crippen LogP contribution in [0.3, 0.4) is 0 Å². The van der Waals surface area contributed by atoms with E-state index in [9.17, 15) is 8.42 Å². The molecule has 33 heavy (non-hydrogen) atoms. The second-order valence-corrected chi connectivity index (χ2v) is 12.3. The summed E-state index contributed by atoms with van der Waals surface area (Å²) in [7, 11) is -3.59. The molecule has 0 saturated carbocycles. The van der Waals surface area contributed by atoms with E-state index >= 15 is 0 Å². The highest BCUT2D eigenvalue weighted by molar-refractivity contribution is 7.91. The van der Waals surface area contributed by atoms with Crippen molar-refractivity contribution in [1.29, 1.82) is 0 Å². The number of rotatable bonds is 3. The van der Waals surface area contributed by atoms with Crippen LogP contribution >= 0.6 is 0 Å². The fourth-order valence-corrected chi connectivity index (χ4v) is 7.02. The molecule has 2 unspecified atom stereocenters. The second-order valence-electron chi connectivity index (χ2n) is 10.3. The zero-order valence-electron chi connectivity index (χ0n) is 19.7. The summed E-state index contributed by atoms with van der Waals surface area (Å²) < 4.78 is 26.3. The SMILES string of the molecule is CC(C)(C)N1CCCC2C1CCCN2c1cccc2cc(S(=O)(=O)c3ccccc3)cnc12. The van der Waals surface area contributed by atoms with Crippen molar-refractivity contribution in [3.63, 3.8) is 0 Å². The second kappa shape index (κ2) is 8.41. The van der Waals surface area contributed by atoms with Gasteiger partial charge in [0.2, 0.25) is 9.84 Å². The topological polar surface area (TPSA) is 53.5 Å². The van der Waals surface area contributed by atoms with Crippen LogP contribution in [0.25, 0.3) is 10.9 Å². The number of pyridine rings is 1. The maximum absolute atomic E-state index is 13.1. The zero-order chi connectivity index (χ0) is 23.2. The van der Waals surface area contributed by atoms with Crippen LogP contribution in [0.5, 0.6) is 0 Å². The van der Waals surface area contributed by atoms with Gasteiger partial charge in [0.1, 0.15) is 0 Å². The predicted octanol–water partition coefficient (Wildman–Crippen LogP) is 5.30. The van der Waals surface area contributed by atoms with E-state index < -0.39 is 9.84 Å². The third kappa shape index (κ3) is 4.04. The molecule has 2 atom stereocenters. The number of nitrogens with zero attached hydrogens (tertiary/aromatic N) is 3. The molecule has 0 aliphatic carbocycles. The Morgan fingerprint density at radius 1 is 0.879 bits per heavy atom. The average Bonchev–Trinajstić information content (AvgIpc) is 2.82. The number of piperidine rings is 2. The molecule has 0 bridgehead atoms. The van der Waals surface area contributed by atoms with Crippen LogP contribution < -0.4 is 4.90 Å². The van der Waals surface area contributed by atoms with E-state index in [0.29, 0.717) is 17.0 Å². The summed E-state index contributed by atoms with van der Waals surface area (Å²) >= 11 is 0. The van der Waals surface area contributed by atoms with Crippen molar-refractivity contribution in [2.75, 3.05) is 18.0 Å². The number of para-hydroxylation sites is 1. The van der Waals surface area contributed by atoms with Crippen molar-refractivity contribution < 1.29 is 8.42 Å². The molecule has 0 amide bonds. The van der Waals surface area contributed by atoms with E-state index in [-0.39, 0.29) is 10.4 Å². The van der Waals surface area contributed by atoms with E-state index in [1.54, 1.807) is 30.3 Å². The van der Waals surface area contributed by atoms with Crippen molar-refractivity contribution in [3.8, 4) is 0 Å². The molecule has 2 aliphatic heterocycles. The number of benzene rings is 2. The molecule has 2 aromatic carbocycles. The lowest BCUT2D eigenvalue weighted by Crippen LogP contribution is -2.62. The largest absolute Gasteiger partial charge is 0.365 e. The zero-order valence-corrected chi connectivity index (χ0v) is 20.6. The fourth-order valence-electron chi connectivity index (χ4n) is 5.76. The Morgan fingerprint density at radius 3 is 2.36 bits per heavy atom. The van der Waals surface area contributed by atoms with E-state index in [4.69, 9.17) is 4.98 Å². The fraction of sp³-hybridized carbons (Fsp3) is 0.444. The van der Waals surface area contributed by atoms with Crippen molar-refractivity contribution in [2.45, 2.75) is 73.9 Å². The van der Waals surface area contributed by atoms with Gasteiger partial charge < -0.3 is 4.90 Å². The minimum atomic E-state index is -3.59. The van der Waals surface area contributed by atoms with E-state index in [1.165, 1.54) is 25.5 Å². The molecule has 5 nitrogen and oxygen atoms in total. The number of aromatic nitrogens is 1. The molecule has 3 aromatic rings. The Bertz CT molecular complexity index is 1250. The lowest BCUT2D eigenvalue weighted by molar-refractivity contribution is 0.0239. The molecule has 5 rings (SSSR count). The van der Waals surface area contributed by atoms with E-state index in [0.717, 1.165) is 36.1 Å². The standard InChI is InChI=1S/C27H33N3O2S/c1-27(2,3)30-17-9-14-23-24(30)15-8-16-29(23)25-13-7-10-20-18-22(19-28-26(20)25)33(31,32)21-11-5-4-6-12-21/h4-7,10-13,18-19,23-24H,8-9,14-17H2,1-3H3. The summed E-state index contributed by atoms with van der Waals surface area (Å²) in [5.74, 6) is 0. The molecular weight excluding hydrogens is 430 g/mol. The van der Waals surface area contributed by atoms with Gasteiger partial charge >= 0.3 is 0 Å². The monoisotopic (exact) mass is 463 g/mol. The molecule has 174 valence electrons. The van der Waals surface area contributed by atoms with Crippen LogP contribution in [0.2, 0.25) is 0 Å². The van der Waals surface area contributed by atoms with Crippen molar-refractivity contribution in [3.05, 3.63) is 60.8 Å². The molecule has 2 fully saturated rings. The van der Waals surface area contributed by atoms with Gasteiger partial charge in [0, 0.05) is 35.8 Å². The summed E-state index contributed by atoms with van der Waals surface area (Å²) in [5, 5.41) is 0.870. The predicted molar refractivity (Wildman–Crippen MR) is 133 cm³/mol. The van der Waals surface area contributed by atoms with Gasteiger partial charge in [-0.25, -0.2) is 8.42 Å². The van der Waals surface area contributed by atoms with Crippen molar-refractivity contribution >= 4 is 26.4 Å². The maximum atomic E-state index is 13.1. The first kappa shape index (κ1) is 22.4. The Morgan fingerprint density at radius 2 is 1.61 bits per heavy atom. The number of sulfone groups is 1. The normalized spacial score (nSPS) is 22.3. The van der Waals surface area contributed by atoms with E-state index in [1.807, 2.05) is 18.2 Å². The molecule has 2 aliphatic rings. The maximum Gasteiger partial charge on any atom is 0.208 e. The molecule has 3 heterocycles. The summed E-state index contributed by atoms with van der Waals surface area (Å²) in [6.07, 6.45) is 6.30. The number of fused-ring (bicyclic) bond motifs is 2. The van der Waals surface area contributed by atoms with Crippen molar-refractivity contribution in [1.82, 2.24) is 9.88 Å². The van der Waals surface area contributed by atoms with E-state index in [2.05, 4.69) is 36.6 Å². The van der Waals surface area contributed by atoms with Gasteiger partial charge in [0.15, 0.2) is 0 Å². The molecule has 6 heteroatoms. The number of hydrogen-bond donors (Lipinski definition) is 0. The van der Waals surface area contributed by atoms with Gasteiger partial charge in [-0.2, -0.15) is 0 Å². The molecule has 2 saturated heterocycles. The first-order valence-electron chi connectivity index (χ1n) is 12.0. The Hall–Kier alpha value is -2.44. The van der Waals surface area contributed by atoms with Crippen LogP contribution in [0.1, 0.15) is 46.5 Å². The molecule has 1 aromatic heterocycles. The first-order chi connectivity index (χ1) is 15.8. The molecule has 0 N–H and O–H groups in total. The van der Waals surface area contributed by atoms with Gasteiger partial charge in [0.05, 0.1) is 21.0 Å². The van der Waals surface area contributed by atoms with Gasteiger partial charge in [-0.1, -0.05) is 30.3 Å². The first-order valence-corrected chi connectivity index (χ1v) is 13.5. The summed E-state index contributed by atoms with van der Waals surface area (Å²) in [6.45, 7) is 9.14. The molecule has 0 spiro atoms. The molecule has 0 radical (unpaired) electrons. The smallest absolute Gasteiger partial charge is 0.208 e. The third-order valence-corrected chi connectivity index (χ3v) is 8.98. The average molecular weight is 464 g/mol. The van der Waals surface area contributed by atoms with Crippen LogP contribution in [0, 0.1) is 0 Å². The minimum Gasteiger partial charge on any atom is -0.365 e. The summed E-state index contributed by atoms with van der Waals surface area (Å²) in [4.78, 5) is 10.5. The third-order valence-electron chi connectivity index (χ3n) is 7.24. The molecular formula is C27H33N3O2S. The van der Waals surface area contributed by atoms with Gasteiger partial charge in [-0.15, -0.1) is 0 Å². The van der Waals surface area contributed by atoms with Crippen LogP contribution in [0.15, 0.2) is 70.6 Å². The Balaban J connectivity index is 1.53. The van der Waals surface area contributed by atoms with Crippen LogP contribution in [0.4, 0.5) is 5.69 Å². The highest BCUT2D eigenvalue weighted by atomic mass is 32.2. The van der Waals surface area contributed by atoms with Crippen LogP contribution in [-0.2, 0) is 9.84 Å². The van der Waals surface area contributed by atoms with Gasteiger partial charge in [-0.3, -0.25) is 9.88 Å². The summed E-state index contributed by atoms with van der Waals surface area (Å²) in [5.41, 5.74) is 2.17. The lowest BCUT2D eigenvalue weighted by atomic mass is 9.84. The van der Waals surface area contributed by atoms with Gasteiger partial charge in [0.25, 0.3) is 0 Å². The van der Waals surface area contributed by atoms with Crippen LogP contribution in [-0.4, -0.2) is 49.0 Å². The highest BCUT2D eigenvalue weighted by Crippen LogP contribution is 2.38. The Kier molecular flexibility index (Phi) is 5.69. The van der Waals surface area contributed by atoms with Crippen molar-refractivity contribution in [2.24, 2.45) is 0 Å². The quantitative estimate of drug-likeness (QED) is 0.528. The summed E-state index contributed by atoms with van der Waals surface area (Å²) in [6, 6.07) is 17.5. The lowest BCUT2D eigenvalue weighted by Gasteiger charge is -2.54. The van der Waals surface area contributed by atoms with Gasteiger partial charge in [-0.05, 0) is 77.3 Å². The Labute approximate surface area is 197 Å². The minimum absolute atomic E-state index is 0.157. The number of hydrogen-bond acceptors (Lipinski definition) is 5. The highest BCUT2D eigenvalue weighted by Gasteiger charge is 2.42. The number of anilines is 1.